The number of carbonyl (C=O) groups is 3. The van der Waals surface area contributed by atoms with Crippen molar-refractivity contribution in [3.05, 3.63) is 53.1 Å². The molecule has 0 unspecified atom stereocenters. The Kier molecular flexibility index (Phi) is 11.7. The SMILES string of the molecule is CCOP(=O)(CNC(=O)c1cc(OC(=O)c2ccc(NC(=N)N)cc2)cc2c1CCO2)OCC.O=C(O)C(F)(F)F. The molecular weight excluding hydrogens is 576 g/mol. The first-order valence-electron chi connectivity index (χ1n) is 11.9. The Morgan fingerprint density at radius 1 is 1.12 bits per heavy atom. The van der Waals surface area contributed by atoms with Crippen LogP contribution in [0.2, 0.25) is 0 Å². The maximum atomic E-state index is 12.9. The minimum atomic E-state index is -5.08. The first-order chi connectivity index (χ1) is 19.2. The van der Waals surface area contributed by atoms with Crippen molar-refractivity contribution in [2.24, 2.45) is 5.73 Å². The van der Waals surface area contributed by atoms with Gasteiger partial charge in [-0.1, -0.05) is 0 Å². The minimum absolute atomic E-state index is 0.125. The molecule has 1 heterocycles. The van der Waals surface area contributed by atoms with E-state index in [0.29, 0.717) is 30.0 Å². The van der Waals surface area contributed by atoms with E-state index in [1.165, 1.54) is 18.2 Å². The number of alkyl halides is 3. The number of carboxylic acids is 1. The lowest BCUT2D eigenvalue weighted by Gasteiger charge is -2.18. The number of anilines is 1. The molecule has 0 radical (unpaired) electrons. The molecule has 0 aliphatic carbocycles. The molecule has 0 saturated carbocycles. The van der Waals surface area contributed by atoms with E-state index in [1.54, 1.807) is 32.0 Å². The number of guanidine groups is 1. The zero-order valence-corrected chi connectivity index (χ0v) is 22.8. The van der Waals surface area contributed by atoms with Gasteiger partial charge in [0.2, 0.25) is 0 Å². The first kappa shape index (κ1) is 33.1. The van der Waals surface area contributed by atoms with E-state index in [4.69, 9.17) is 39.6 Å². The van der Waals surface area contributed by atoms with Crippen LogP contribution in [-0.2, 0) is 24.8 Å². The molecular formula is C24H28F3N4O9P. The molecule has 0 atom stereocenters. The largest absolute Gasteiger partial charge is 0.493 e. The van der Waals surface area contributed by atoms with Gasteiger partial charge in [-0.05, 0) is 44.2 Å². The molecule has 0 fully saturated rings. The maximum absolute atomic E-state index is 12.9. The third-order valence-electron chi connectivity index (χ3n) is 4.97. The van der Waals surface area contributed by atoms with Crippen molar-refractivity contribution in [3.8, 4) is 11.5 Å². The number of rotatable bonds is 10. The fourth-order valence-corrected chi connectivity index (χ4v) is 4.71. The monoisotopic (exact) mass is 604 g/mol. The van der Waals surface area contributed by atoms with Crippen LogP contribution in [0.1, 0.15) is 40.1 Å². The number of nitrogens with two attached hydrogens (primary N) is 1. The summed E-state index contributed by atoms with van der Waals surface area (Å²) in [6, 6.07) is 9.19. The first-order valence-corrected chi connectivity index (χ1v) is 13.6. The number of halogens is 3. The average molecular weight is 604 g/mol. The number of ether oxygens (including phenoxy) is 2. The lowest BCUT2D eigenvalue weighted by Crippen LogP contribution is -2.26. The van der Waals surface area contributed by atoms with Gasteiger partial charge in [0.05, 0.1) is 30.9 Å². The van der Waals surface area contributed by atoms with E-state index in [2.05, 4.69) is 10.6 Å². The second-order valence-electron chi connectivity index (χ2n) is 7.96. The number of nitrogens with one attached hydrogen (secondary N) is 3. The lowest BCUT2D eigenvalue weighted by molar-refractivity contribution is -0.192. The smallest absolute Gasteiger partial charge is 0.490 e. The van der Waals surface area contributed by atoms with Crippen molar-refractivity contribution in [2.75, 3.05) is 31.4 Å². The van der Waals surface area contributed by atoms with E-state index in [1.807, 2.05) is 0 Å². The highest BCUT2D eigenvalue weighted by Crippen LogP contribution is 2.46. The zero-order valence-electron chi connectivity index (χ0n) is 21.9. The zero-order chi connectivity index (χ0) is 30.8. The summed E-state index contributed by atoms with van der Waals surface area (Å²) in [6.45, 7) is 4.10. The summed E-state index contributed by atoms with van der Waals surface area (Å²) in [7, 11) is -3.48. The van der Waals surface area contributed by atoms with Crippen LogP contribution in [0.4, 0.5) is 18.9 Å². The fourth-order valence-electron chi connectivity index (χ4n) is 3.33. The van der Waals surface area contributed by atoms with Crippen LogP contribution in [0, 0.1) is 5.41 Å². The van der Waals surface area contributed by atoms with Crippen LogP contribution in [0.15, 0.2) is 36.4 Å². The van der Waals surface area contributed by atoms with Crippen LogP contribution in [-0.4, -0.2) is 61.2 Å². The van der Waals surface area contributed by atoms with Gasteiger partial charge in [0.15, 0.2) is 5.96 Å². The number of benzene rings is 2. The Morgan fingerprint density at radius 3 is 2.22 bits per heavy atom. The number of carbonyl (C=O) groups excluding carboxylic acids is 2. The topological polar surface area (TPSA) is 199 Å². The summed E-state index contributed by atoms with van der Waals surface area (Å²) in [5.74, 6) is -3.57. The van der Waals surface area contributed by atoms with Crippen LogP contribution in [0.25, 0.3) is 0 Å². The van der Waals surface area contributed by atoms with Gasteiger partial charge in [0, 0.05) is 23.7 Å². The molecule has 2 aromatic carbocycles. The van der Waals surface area contributed by atoms with E-state index in [9.17, 15) is 27.3 Å². The number of hydrogen-bond donors (Lipinski definition) is 5. The Morgan fingerprint density at radius 2 is 1.71 bits per heavy atom. The number of hydrogen-bond acceptors (Lipinski definition) is 9. The molecule has 0 spiro atoms. The highest BCUT2D eigenvalue weighted by Gasteiger charge is 2.38. The molecule has 1 amide bonds. The number of esters is 1. The number of carboxylic acid groups (broad SMARTS) is 1. The molecule has 41 heavy (non-hydrogen) atoms. The normalized spacial score (nSPS) is 12.2. The van der Waals surface area contributed by atoms with E-state index in [-0.39, 0.29) is 42.3 Å². The molecule has 17 heteroatoms. The van der Waals surface area contributed by atoms with Crippen LogP contribution in [0.5, 0.6) is 11.5 Å². The van der Waals surface area contributed by atoms with Crippen molar-refractivity contribution in [1.29, 1.82) is 5.41 Å². The van der Waals surface area contributed by atoms with Crippen LogP contribution >= 0.6 is 7.60 Å². The fraction of sp³-hybridized carbons (Fsp3) is 0.333. The molecule has 0 aromatic heterocycles. The van der Waals surface area contributed by atoms with Gasteiger partial charge in [-0.15, -0.1) is 0 Å². The van der Waals surface area contributed by atoms with E-state index >= 15 is 0 Å². The minimum Gasteiger partial charge on any atom is -0.493 e. The van der Waals surface area contributed by atoms with Gasteiger partial charge in [-0.25, -0.2) is 9.59 Å². The molecule has 224 valence electrons. The van der Waals surface area contributed by atoms with Crippen molar-refractivity contribution in [2.45, 2.75) is 26.4 Å². The number of aliphatic carboxylic acids is 1. The standard InChI is InChI=1S/C22H27N4O7P.C2HF3O2/c1-3-31-34(29,32-4-2)13-25-20(27)18-11-16(12-19-17(18)9-10-30-19)33-21(28)14-5-7-15(8-6-14)26-22(23)24;3-2(4,5)1(6)7/h5-8,11-12H,3-4,9-10,13H2,1-2H3,(H,25,27)(H4,23,24,26);(H,6,7). The van der Waals surface area contributed by atoms with Crippen molar-refractivity contribution in [3.63, 3.8) is 0 Å². The average Bonchev–Trinajstić information content (AvgIpc) is 3.36. The number of fused-ring (bicyclic) bond motifs is 1. The predicted molar refractivity (Wildman–Crippen MR) is 139 cm³/mol. The Bertz CT molecular complexity index is 1310. The highest BCUT2D eigenvalue weighted by molar-refractivity contribution is 7.53. The molecule has 6 N–H and O–H groups in total. The molecule has 3 rings (SSSR count). The third kappa shape index (κ3) is 10.1. The Balaban J connectivity index is 0.000000745. The van der Waals surface area contributed by atoms with E-state index in [0.717, 1.165) is 0 Å². The van der Waals surface area contributed by atoms with Gasteiger partial charge in [-0.2, -0.15) is 13.2 Å². The van der Waals surface area contributed by atoms with Crippen molar-refractivity contribution >= 4 is 37.1 Å². The summed E-state index contributed by atoms with van der Waals surface area (Å²) < 4.78 is 65.9. The molecule has 13 nitrogen and oxygen atoms in total. The second kappa shape index (κ2) is 14.5. The van der Waals surface area contributed by atoms with Gasteiger partial charge >= 0.3 is 25.7 Å². The van der Waals surface area contributed by atoms with Crippen LogP contribution < -0.4 is 25.8 Å². The van der Waals surface area contributed by atoms with Crippen molar-refractivity contribution < 1.29 is 55.7 Å². The summed E-state index contributed by atoms with van der Waals surface area (Å²) in [5.41, 5.74) is 7.01. The molecule has 1 aliphatic rings. The summed E-state index contributed by atoms with van der Waals surface area (Å²) in [4.78, 5) is 34.4. The van der Waals surface area contributed by atoms with E-state index < -0.39 is 31.6 Å². The second-order valence-corrected chi connectivity index (χ2v) is 10.0. The molecule has 0 bridgehead atoms. The third-order valence-corrected chi connectivity index (χ3v) is 6.82. The van der Waals surface area contributed by atoms with Gasteiger partial charge in [0.1, 0.15) is 17.8 Å². The van der Waals surface area contributed by atoms with Gasteiger partial charge in [-0.3, -0.25) is 14.8 Å². The molecule has 0 saturated heterocycles. The molecule has 1 aliphatic heterocycles. The highest BCUT2D eigenvalue weighted by atomic mass is 31.2. The van der Waals surface area contributed by atoms with Crippen LogP contribution in [0.3, 0.4) is 0 Å². The van der Waals surface area contributed by atoms with Gasteiger partial charge in [0.25, 0.3) is 5.91 Å². The quantitative estimate of drug-likeness (QED) is 0.0870. The number of amides is 1. The summed E-state index contributed by atoms with van der Waals surface area (Å²) in [6.07, 6.45) is -4.88. The Labute approximate surface area is 232 Å². The van der Waals surface area contributed by atoms with Crippen molar-refractivity contribution in [1.82, 2.24) is 5.32 Å². The molecule has 2 aromatic rings. The maximum Gasteiger partial charge on any atom is 0.490 e. The Hall–Kier alpha value is -4.14. The summed E-state index contributed by atoms with van der Waals surface area (Å²) >= 11 is 0. The summed E-state index contributed by atoms with van der Waals surface area (Å²) in [5, 5.41) is 19.6. The lowest BCUT2D eigenvalue weighted by atomic mass is 10.0. The van der Waals surface area contributed by atoms with Gasteiger partial charge < -0.3 is 40.0 Å². The predicted octanol–water partition coefficient (Wildman–Crippen LogP) is 3.73.